The first-order chi connectivity index (χ1) is 18.3. The zero-order valence-electron chi connectivity index (χ0n) is 21.1. The van der Waals surface area contributed by atoms with Crippen molar-refractivity contribution in [3.63, 3.8) is 0 Å². The molecule has 5 rings (SSSR count). The van der Waals surface area contributed by atoms with Crippen molar-refractivity contribution in [2.75, 3.05) is 25.1 Å². The van der Waals surface area contributed by atoms with Gasteiger partial charge in [-0.05, 0) is 61.2 Å². The summed E-state index contributed by atoms with van der Waals surface area (Å²) in [4.78, 5) is 20.7. The molecular formula is C28H28ClN3O4S2. The number of hydrogen-bond donors (Lipinski definition) is 0. The Morgan fingerprint density at radius 3 is 2.39 bits per heavy atom. The van der Waals surface area contributed by atoms with Crippen LogP contribution in [-0.2, 0) is 21.4 Å². The number of amides is 1. The number of benzene rings is 3. The van der Waals surface area contributed by atoms with Gasteiger partial charge in [-0.2, -0.15) is 4.31 Å². The number of halogens is 1. The highest BCUT2D eigenvalue weighted by molar-refractivity contribution is 7.89. The summed E-state index contributed by atoms with van der Waals surface area (Å²) in [5.41, 5.74) is 2.78. The molecule has 38 heavy (non-hydrogen) atoms. The van der Waals surface area contributed by atoms with Crippen LogP contribution in [0.4, 0.5) is 5.13 Å². The molecule has 0 spiro atoms. The number of carbonyl (C=O) groups is 1. The van der Waals surface area contributed by atoms with Crippen molar-refractivity contribution in [2.45, 2.75) is 31.2 Å². The van der Waals surface area contributed by atoms with Crippen LogP contribution in [0, 0.1) is 12.8 Å². The Hall–Kier alpha value is -2.98. The number of sulfonamides is 1. The average Bonchev–Trinajstić information content (AvgIpc) is 3.41. The van der Waals surface area contributed by atoms with Gasteiger partial charge in [0.1, 0.15) is 5.75 Å². The van der Waals surface area contributed by atoms with Crippen molar-refractivity contribution in [1.82, 2.24) is 9.29 Å². The van der Waals surface area contributed by atoms with Crippen LogP contribution in [0.3, 0.4) is 0 Å². The van der Waals surface area contributed by atoms with E-state index in [1.165, 1.54) is 22.8 Å². The van der Waals surface area contributed by atoms with E-state index in [-0.39, 0.29) is 29.8 Å². The predicted molar refractivity (Wildman–Crippen MR) is 151 cm³/mol. The van der Waals surface area contributed by atoms with Crippen LogP contribution in [0.2, 0.25) is 5.02 Å². The average molecular weight is 570 g/mol. The Kier molecular flexibility index (Phi) is 7.72. The highest BCUT2D eigenvalue weighted by Crippen LogP contribution is 2.37. The summed E-state index contributed by atoms with van der Waals surface area (Å²) in [6.45, 7) is 2.90. The lowest BCUT2D eigenvalue weighted by atomic mass is 9.96. The number of nitrogens with zero attached hydrogens (tertiary/aromatic N) is 3. The van der Waals surface area contributed by atoms with E-state index in [1.807, 2.05) is 49.4 Å². The van der Waals surface area contributed by atoms with Gasteiger partial charge in [-0.1, -0.05) is 59.3 Å². The highest BCUT2D eigenvalue weighted by atomic mass is 35.5. The number of aromatic nitrogens is 1. The third-order valence-corrected chi connectivity index (χ3v) is 10.3. The van der Waals surface area contributed by atoms with Gasteiger partial charge in [0.15, 0.2) is 5.13 Å². The molecule has 0 unspecified atom stereocenters. The van der Waals surface area contributed by atoms with Crippen molar-refractivity contribution in [1.29, 1.82) is 0 Å². The van der Waals surface area contributed by atoms with Gasteiger partial charge in [-0.3, -0.25) is 9.69 Å². The fraction of sp³-hybridized carbons (Fsp3) is 0.286. The molecule has 198 valence electrons. The number of fused-ring (bicyclic) bond motifs is 1. The number of piperidine rings is 1. The van der Waals surface area contributed by atoms with Crippen molar-refractivity contribution in [3.8, 4) is 5.75 Å². The lowest BCUT2D eigenvalue weighted by molar-refractivity contribution is -0.123. The number of aryl methyl sites for hydroxylation is 1. The van der Waals surface area contributed by atoms with Gasteiger partial charge < -0.3 is 4.74 Å². The molecule has 0 N–H and O–H groups in total. The Bertz CT molecular complexity index is 1510. The van der Waals surface area contributed by atoms with Crippen molar-refractivity contribution in [2.24, 2.45) is 5.92 Å². The molecule has 1 amide bonds. The van der Waals surface area contributed by atoms with E-state index in [0.717, 1.165) is 21.3 Å². The maximum Gasteiger partial charge on any atom is 0.243 e. The van der Waals surface area contributed by atoms with Crippen LogP contribution in [0.1, 0.15) is 24.0 Å². The van der Waals surface area contributed by atoms with Gasteiger partial charge in [0.2, 0.25) is 15.9 Å². The van der Waals surface area contributed by atoms with E-state index in [9.17, 15) is 13.2 Å². The summed E-state index contributed by atoms with van der Waals surface area (Å²) >= 11 is 7.87. The molecule has 0 aliphatic carbocycles. The fourth-order valence-electron chi connectivity index (χ4n) is 4.67. The number of rotatable bonds is 7. The molecule has 1 fully saturated rings. The molecule has 10 heteroatoms. The number of ether oxygens (including phenoxy) is 1. The zero-order chi connectivity index (χ0) is 26.9. The molecule has 0 bridgehead atoms. The van der Waals surface area contributed by atoms with Crippen molar-refractivity contribution in [3.05, 3.63) is 82.9 Å². The molecule has 1 aromatic heterocycles. The minimum Gasteiger partial charge on any atom is -0.497 e. The van der Waals surface area contributed by atoms with E-state index in [2.05, 4.69) is 0 Å². The Labute approximate surface area is 231 Å². The molecule has 0 radical (unpaired) electrons. The second kappa shape index (κ2) is 11.0. The smallest absolute Gasteiger partial charge is 0.243 e. The maximum absolute atomic E-state index is 13.9. The summed E-state index contributed by atoms with van der Waals surface area (Å²) in [7, 11) is -2.12. The summed E-state index contributed by atoms with van der Waals surface area (Å²) in [5.74, 6) is 0.228. The van der Waals surface area contributed by atoms with Gasteiger partial charge in [-0.15, -0.1) is 0 Å². The third kappa shape index (κ3) is 5.29. The molecule has 3 aromatic carbocycles. The van der Waals surface area contributed by atoms with Crippen LogP contribution in [0.15, 0.2) is 71.6 Å². The Balaban J connectivity index is 1.38. The van der Waals surface area contributed by atoms with Crippen molar-refractivity contribution < 1.29 is 17.9 Å². The number of thiazole rings is 1. The zero-order valence-corrected chi connectivity index (χ0v) is 23.5. The third-order valence-electron chi connectivity index (χ3n) is 6.87. The maximum atomic E-state index is 13.9. The van der Waals surface area contributed by atoms with Crippen LogP contribution in [-0.4, -0.2) is 43.8 Å². The van der Waals surface area contributed by atoms with Crippen LogP contribution < -0.4 is 9.64 Å². The number of methoxy groups -OCH3 is 1. The Morgan fingerprint density at radius 2 is 1.76 bits per heavy atom. The molecule has 7 nitrogen and oxygen atoms in total. The largest absolute Gasteiger partial charge is 0.497 e. The van der Waals surface area contributed by atoms with Crippen molar-refractivity contribution >= 4 is 54.2 Å². The summed E-state index contributed by atoms with van der Waals surface area (Å²) in [6.07, 6.45) is 0.869. The standard InChI is InChI=1S/C28H28ClN3O4S2/c1-19-8-13-24(29)26-25(19)30-28(37-26)32(18-20-6-4-3-5-7-20)27(33)21-14-16-31(17-15-21)38(34,35)23-11-9-22(36-2)10-12-23/h3-13,21H,14-18H2,1-2H3. The Morgan fingerprint density at radius 1 is 1.08 bits per heavy atom. The van der Waals surface area contributed by atoms with E-state index in [0.29, 0.717) is 35.3 Å². The van der Waals surface area contributed by atoms with Gasteiger partial charge in [0, 0.05) is 19.0 Å². The minimum absolute atomic E-state index is 0.0526. The monoisotopic (exact) mass is 569 g/mol. The summed E-state index contributed by atoms with van der Waals surface area (Å²) in [5, 5.41) is 1.21. The molecule has 0 saturated carbocycles. The first-order valence-corrected chi connectivity index (χ1v) is 15.0. The van der Waals surface area contributed by atoms with Gasteiger partial charge in [-0.25, -0.2) is 13.4 Å². The lowest BCUT2D eigenvalue weighted by Gasteiger charge is -2.33. The van der Waals surface area contributed by atoms with Gasteiger partial charge in [0.05, 0.1) is 33.8 Å². The lowest BCUT2D eigenvalue weighted by Crippen LogP contribution is -2.44. The van der Waals surface area contributed by atoms with Crippen LogP contribution in [0.25, 0.3) is 10.2 Å². The predicted octanol–water partition coefficient (Wildman–Crippen LogP) is 5.90. The topological polar surface area (TPSA) is 79.8 Å². The molecule has 2 heterocycles. The van der Waals surface area contributed by atoms with Crippen LogP contribution >= 0.6 is 22.9 Å². The molecular weight excluding hydrogens is 542 g/mol. The highest BCUT2D eigenvalue weighted by Gasteiger charge is 2.35. The van der Waals surface area contributed by atoms with E-state index >= 15 is 0 Å². The quantitative estimate of drug-likeness (QED) is 0.277. The second-order valence-electron chi connectivity index (χ2n) is 9.30. The molecule has 1 aliphatic rings. The van der Waals surface area contributed by atoms with Gasteiger partial charge >= 0.3 is 0 Å². The normalized spacial score (nSPS) is 15.0. The summed E-state index contributed by atoms with van der Waals surface area (Å²) < 4.78 is 33.8. The van der Waals surface area contributed by atoms with E-state index < -0.39 is 10.0 Å². The number of carbonyl (C=O) groups excluding carboxylic acids is 1. The molecule has 1 aliphatic heterocycles. The fourth-order valence-corrected chi connectivity index (χ4v) is 7.46. The van der Waals surface area contributed by atoms with E-state index in [4.69, 9.17) is 21.3 Å². The summed E-state index contributed by atoms with van der Waals surface area (Å²) in [6, 6.07) is 19.9. The van der Waals surface area contributed by atoms with Crippen LogP contribution in [0.5, 0.6) is 5.75 Å². The molecule has 4 aromatic rings. The van der Waals surface area contributed by atoms with E-state index in [1.54, 1.807) is 29.2 Å². The van der Waals surface area contributed by atoms with Gasteiger partial charge in [0.25, 0.3) is 0 Å². The second-order valence-corrected chi connectivity index (χ2v) is 12.6. The first kappa shape index (κ1) is 26.6. The SMILES string of the molecule is COc1ccc(S(=O)(=O)N2CCC(C(=O)N(Cc3ccccc3)c3nc4c(C)ccc(Cl)c4s3)CC2)cc1. The number of hydrogen-bond acceptors (Lipinski definition) is 6. The molecule has 0 atom stereocenters. The first-order valence-electron chi connectivity index (χ1n) is 12.3. The minimum atomic E-state index is -3.66. The number of anilines is 1. The molecule has 1 saturated heterocycles.